The number of fused-ring (bicyclic) bond motifs is 1. The fourth-order valence-corrected chi connectivity index (χ4v) is 2.16. The molecule has 0 bridgehead atoms. The highest BCUT2D eigenvalue weighted by molar-refractivity contribution is 5.92. The molecule has 0 spiro atoms. The molecule has 3 rings (SSSR count). The van der Waals surface area contributed by atoms with Crippen LogP contribution in [-0.2, 0) is 7.05 Å². The van der Waals surface area contributed by atoms with E-state index in [1.165, 1.54) is 0 Å². The van der Waals surface area contributed by atoms with E-state index >= 15 is 0 Å². The third-order valence-electron chi connectivity index (χ3n) is 3.04. The van der Waals surface area contributed by atoms with Gasteiger partial charge in [-0.1, -0.05) is 0 Å². The lowest BCUT2D eigenvalue weighted by atomic mass is 10.1. The average Bonchev–Trinajstić information content (AvgIpc) is 2.81. The van der Waals surface area contributed by atoms with Crippen molar-refractivity contribution < 1.29 is 4.74 Å². The molecule has 3 aromatic rings. The maximum Gasteiger partial charge on any atom is 0.233 e. The molecule has 102 valence electrons. The quantitative estimate of drug-likeness (QED) is 0.733. The maximum atomic E-state index is 5.51. The minimum absolute atomic E-state index is 0.0944. The predicted molar refractivity (Wildman–Crippen MR) is 77.5 cm³/mol. The van der Waals surface area contributed by atoms with Crippen molar-refractivity contribution >= 4 is 11.0 Å². The van der Waals surface area contributed by atoms with Crippen molar-refractivity contribution in [1.29, 1.82) is 0 Å². The minimum atomic E-state index is 0.0944. The van der Waals surface area contributed by atoms with Gasteiger partial charge in [-0.25, -0.2) is 4.98 Å². The van der Waals surface area contributed by atoms with Crippen molar-refractivity contribution in [2.24, 2.45) is 7.05 Å². The molecule has 0 amide bonds. The van der Waals surface area contributed by atoms with Gasteiger partial charge in [0.15, 0.2) is 0 Å². The Kier molecular flexibility index (Phi) is 3.10. The Morgan fingerprint density at radius 2 is 1.95 bits per heavy atom. The Morgan fingerprint density at radius 1 is 1.10 bits per heavy atom. The summed E-state index contributed by atoms with van der Waals surface area (Å²) in [6.45, 7) is 3.93. The minimum Gasteiger partial charge on any atom is -0.474 e. The average molecular weight is 268 g/mol. The second-order valence-corrected chi connectivity index (χ2v) is 4.95. The summed E-state index contributed by atoms with van der Waals surface area (Å²) < 4.78 is 7.50. The fourth-order valence-electron chi connectivity index (χ4n) is 2.16. The molecule has 0 saturated heterocycles. The molecule has 0 aromatic carbocycles. The van der Waals surface area contributed by atoms with Gasteiger partial charge in [0.25, 0.3) is 0 Å². The molecule has 0 atom stereocenters. The molecule has 0 aliphatic rings. The van der Waals surface area contributed by atoms with Crippen LogP contribution >= 0.6 is 0 Å². The van der Waals surface area contributed by atoms with Gasteiger partial charge < -0.3 is 9.30 Å². The van der Waals surface area contributed by atoms with E-state index in [0.29, 0.717) is 5.88 Å². The first-order valence-corrected chi connectivity index (χ1v) is 6.56. The Morgan fingerprint density at radius 3 is 2.65 bits per heavy atom. The Balaban J connectivity index is 2.02. The zero-order valence-electron chi connectivity index (χ0n) is 11.7. The summed E-state index contributed by atoms with van der Waals surface area (Å²) in [4.78, 5) is 4.37. The molecule has 20 heavy (non-hydrogen) atoms. The van der Waals surface area contributed by atoms with E-state index in [1.807, 2.05) is 55.9 Å². The Bertz CT molecular complexity index is 731. The van der Waals surface area contributed by atoms with Crippen LogP contribution in [0, 0.1) is 0 Å². The molecule has 0 fully saturated rings. The van der Waals surface area contributed by atoms with Gasteiger partial charge in [-0.2, -0.15) is 0 Å². The van der Waals surface area contributed by atoms with Gasteiger partial charge in [-0.05, 0) is 32.0 Å². The van der Waals surface area contributed by atoms with Gasteiger partial charge in [0.2, 0.25) is 5.88 Å². The van der Waals surface area contributed by atoms with E-state index in [0.717, 1.165) is 22.3 Å². The Hall–Kier alpha value is -2.43. The van der Waals surface area contributed by atoms with Crippen molar-refractivity contribution in [1.82, 2.24) is 19.7 Å². The van der Waals surface area contributed by atoms with Gasteiger partial charge in [0, 0.05) is 36.5 Å². The summed E-state index contributed by atoms with van der Waals surface area (Å²) in [5, 5.41) is 9.43. The number of hydrogen-bond donors (Lipinski definition) is 0. The van der Waals surface area contributed by atoms with Crippen molar-refractivity contribution in [2.75, 3.05) is 0 Å². The smallest absolute Gasteiger partial charge is 0.233 e. The first kappa shape index (κ1) is 12.6. The topological polar surface area (TPSA) is 52.8 Å². The molecule has 0 radical (unpaired) electrons. The number of aromatic nitrogens is 4. The monoisotopic (exact) mass is 268 g/mol. The van der Waals surface area contributed by atoms with Crippen molar-refractivity contribution in [3.63, 3.8) is 0 Å². The van der Waals surface area contributed by atoms with Crippen molar-refractivity contribution in [3.8, 4) is 17.1 Å². The van der Waals surface area contributed by atoms with Crippen LogP contribution in [0.3, 0.4) is 0 Å². The zero-order chi connectivity index (χ0) is 14.1. The summed E-state index contributed by atoms with van der Waals surface area (Å²) in [7, 11) is 1.98. The highest BCUT2D eigenvalue weighted by atomic mass is 16.5. The fraction of sp³-hybridized carbons (Fsp3) is 0.267. The predicted octanol–water partition coefficient (Wildman–Crippen LogP) is 2.82. The first-order chi connectivity index (χ1) is 9.65. The van der Waals surface area contributed by atoms with E-state index in [-0.39, 0.29) is 6.10 Å². The van der Waals surface area contributed by atoms with Crippen LogP contribution in [0.15, 0.2) is 36.7 Å². The molecule has 0 aliphatic carbocycles. The van der Waals surface area contributed by atoms with E-state index < -0.39 is 0 Å². The highest BCUT2D eigenvalue weighted by Crippen LogP contribution is 2.26. The summed E-state index contributed by atoms with van der Waals surface area (Å²) in [6.07, 6.45) is 3.87. The summed E-state index contributed by atoms with van der Waals surface area (Å²) in [5.74, 6) is 0.544. The molecule has 0 unspecified atom stereocenters. The maximum absolute atomic E-state index is 5.51. The van der Waals surface area contributed by atoms with E-state index in [1.54, 1.807) is 6.20 Å². The van der Waals surface area contributed by atoms with Crippen LogP contribution in [0.5, 0.6) is 5.88 Å². The summed E-state index contributed by atoms with van der Waals surface area (Å²) >= 11 is 0. The molecule has 3 aromatic heterocycles. The van der Waals surface area contributed by atoms with Crippen molar-refractivity contribution in [2.45, 2.75) is 20.0 Å². The first-order valence-electron chi connectivity index (χ1n) is 6.56. The SMILES string of the molecule is CC(C)Oc1ccc(-c2ccnc3c2ccn3C)nn1. The molecule has 0 aliphatic heterocycles. The number of pyridine rings is 1. The molecule has 5 nitrogen and oxygen atoms in total. The van der Waals surface area contributed by atoms with Crippen LogP contribution in [-0.4, -0.2) is 25.9 Å². The second-order valence-electron chi connectivity index (χ2n) is 4.95. The third-order valence-corrected chi connectivity index (χ3v) is 3.04. The summed E-state index contributed by atoms with van der Waals surface area (Å²) in [6, 6.07) is 7.76. The zero-order valence-corrected chi connectivity index (χ0v) is 11.7. The van der Waals surface area contributed by atoms with Gasteiger partial charge in [0.05, 0.1) is 11.8 Å². The lowest BCUT2D eigenvalue weighted by Gasteiger charge is -2.08. The van der Waals surface area contributed by atoms with Crippen LogP contribution in [0.25, 0.3) is 22.3 Å². The molecular formula is C15H16N4O. The van der Waals surface area contributed by atoms with Crippen molar-refractivity contribution in [3.05, 3.63) is 36.7 Å². The molecule has 0 saturated carbocycles. The molecule has 0 N–H and O–H groups in total. The van der Waals surface area contributed by atoms with E-state index in [2.05, 4.69) is 15.2 Å². The molecule has 5 heteroatoms. The number of aryl methyl sites for hydroxylation is 1. The molecule has 3 heterocycles. The number of ether oxygens (including phenoxy) is 1. The van der Waals surface area contributed by atoms with Crippen LogP contribution in [0.1, 0.15) is 13.8 Å². The van der Waals surface area contributed by atoms with Crippen LogP contribution in [0.4, 0.5) is 0 Å². The molecular weight excluding hydrogens is 252 g/mol. The largest absolute Gasteiger partial charge is 0.474 e. The number of nitrogens with zero attached hydrogens (tertiary/aromatic N) is 4. The van der Waals surface area contributed by atoms with Gasteiger partial charge in [0.1, 0.15) is 5.65 Å². The van der Waals surface area contributed by atoms with Crippen LogP contribution in [0.2, 0.25) is 0 Å². The lowest BCUT2D eigenvalue weighted by Crippen LogP contribution is -2.07. The van der Waals surface area contributed by atoms with E-state index in [4.69, 9.17) is 4.74 Å². The van der Waals surface area contributed by atoms with E-state index in [9.17, 15) is 0 Å². The standard InChI is InChI=1S/C15H16N4O/c1-10(2)20-14-5-4-13(17-18-14)11-6-8-16-15-12(11)7-9-19(15)3/h4-10H,1-3H3. The van der Waals surface area contributed by atoms with Gasteiger partial charge in [-0.3, -0.25) is 0 Å². The van der Waals surface area contributed by atoms with Gasteiger partial charge >= 0.3 is 0 Å². The second kappa shape index (κ2) is 4.92. The lowest BCUT2D eigenvalue weighted by molar-refractivity contribution is 0.230. The van der Waals surface area contributed by atoms with Gasteiger partial charge in [-0.15, -0.1) is 10.2 Å². The summed E-state index contributed by atoms with van der Waals surface area (Å²) in [5.41, 5.74) is 2.78. The normalized spacial score (nSPS) is 11.2. The van der Waals surface area contributed by atoms with Crippen LogP contribution < -0.4 is 4.74 Å². The number of rotatable bonds is 3. The highest BCUT2D eigenvalue weighted by Gasteiger charge is 2.09. The third kappa shape index (κ3) is 2.22. The Labute approximate surface area is 117 Å². The number of hydrogen-bond acceptors (Lipinski definition) is 4.